The van der Waals surface area contributed by atoms with Crippen LogP contribution < -0.4 is 10.2 Å². The van der Waals surface area contributed by atoms with Crippen molar-refractivity contribution in [3.8, 4) is 34.3 Å². The van der Waals surface area contributed by atoms with E-state index in [0.717, 1.165) is 12.1 Å². The highest BCUT2D eigenvalue weighted by atomic mass is 16.8. The third kappa shape index (κ3) is 5.73. The quantitative estimate of drug-likeness (QED) is 0.133. The van der Waals surface area contributed by atoms with Gasteiger partial charge in [0, 0.05) is 17.7 Å². The Kier molecular flexibility index (Phi) is 8.77. The molecular formula is C27H30O16. The molecule has 2 saturated heterocycles. The summed E-state index contributed by atoms with van der Waals surface area (Å²) in [4.78, 5) is 13.7. The smallest absolute Gasteiger partial charge is 0.239 e. The molecule has 0 aliphatic carbocycles. The van der Waals surface area contributed by atoms with Gasteiger partial charge in [-0.25, -0.2) is 0 Å². The third-order valence-electron chi connectivity index (χ3n) is 7.25. The van der Waals surface area contributed by atoms with Crippen LogP contribution >= 0.6 is 0 Å². The maximum atomic E-state index is 13.7. The molecule has 5 rings (SSSR count). The molecule has 3 aromatic rings. The van der Waals surface area contributed by atoms with Crippen LogP contribution in [0.15, 0.2) is 45.6 Å². The zero-order chi connectivity index (χ0) is 31.2. The van der Waals surface area contributed by atoms with Crippen LogP contribution in [0.1, 0.15) is 0 Å². The minimum Gasteiger partial charge on any atom is -0.508 e. The SMILES string of the molecule is O=c1c(O[C@@H]2O[C@H](CO)[C@@H](O)[C@H](O)[C@H]2O[C@@H]2O[C@H](CO)[C@@H](O)[C@H](O)[C@H]2O)c(-c2ccc(O)cc2)oc2cc(O)cc(O)c12. The number of ether oxygens (including phenoxy) is 4. The predicted molar refractivity (Wildman–Crippen MR) is 140 cm³/mol. The van der Waals surface area contributed by atoms with E-state index in [1.165, 1.54) is 24.3 Å². The van der Waals surface area contributed by atoms with E-state index in [9.17, 15) is 55.9 Å². The van der Waals surface area contributed by atoms with Crippen molar-refractivity contribution < 1.29 is 74.4 Å². The van der Waals surface area contributed by atoms with E-state index < -0.39 is 103 Å². The van der Waals surface area contributed by atoms with E-state index >= 15 is 0 Å². The molecule has 16 heteroatoms. The van der Waals surface area contributed by atoms with Gasteiger partial charge in [0.25, 0.3) is 0 Å². The Labute approximate surface area is 241 Å². The van der Waals surface area contributed by atoms with E-state index in [2.05, 4.69) is 0 Å². The molecule has 43 heavy (non-hydrogen) atoms. The summed E-state index contributed by atoms with van der Waals surface area (Å²) in [5.74, 6) is -2.15. The molecular weight excluding hydrogens is 580 g/mol. The van der Waals surface area contributed by atoms with E-state index in [1.807, 2.05) is 0 Å². The summed E-state index contributed by atoms with van der Waals surface area (Å²) >= 11 is 0. The molecule has 2 aliphatic heterocycles. The Hall–Kier alpha value is -3.55. The molecule has 0 bridgehead atoms. The first-order valence-electron chi connectivity index (χ1n) is 13.0. The number of rotatable bonds is 7. The topological polar surface area (TPSA) is 269 Å². The van der Waals surface area contributed by atoms with Gasteiger partial charge in [0.05, 0.1) is 13.2 Å². The van der Waals surface area contributed by atoms with Gasteiger partial charge in [0.1, 0.15) is 70.9 Å². The minimum atomic E-state index is -1.93. The summed E-state index contributed by atoms with van der Waals surface area (Å²) in [5, 5.41) is 101. The molecule has 0 spiro atoms. The third-order valence-corrected chi connectivity index (χ3v) is 7.25. The number of phenols is 3. The number of benzene rings is 2. The number of hydrogen-bond acceptors (Lipinski definition) is 16. The van der Waals surface area contributed by atoms with E-state index in [-0.39, 0.29) is 22.7 Å². The van der Waals surface area contributed by atoms with Crippen LogP contribution in [0.4, 0.5) is 0 Å². The zero-order valence-corrected chi connectivity index (χ0v) is 22.1. The normalized spacial score (nSPS) is 33.0. The second-order valence-corrected chi connectivity index (χ2v) is 10.1. The van der Waals surface area contributed by atoms with Gasteiger partial charge in [-0.2, -0.15) is 0 Å². The summed E-state index contributed by atoms with van der Waals surface area (Å²) in [6.07, 6.45) is -17.7. The van der Waals surface area contributed by atoms with Crippen molar-refractivity contribution in [3.05, 3.63) is 46.6 Å². The van der Waals surface area contributed by atoms with E-state index in [4.69, 9.17) is 23.4 Å². The first-order chi connectivity index (χ1) is 20.4. The number of fused-ring (bicyclic) bond motifs is 1. The van der Waals surface area contributed by atoms with Crippen LogP contribution in [0.3, 0.4) is 0 Å². The monoisotopic (exact) mass is 610 g/mol. The molecule has 3 heterocycles. The Morgan fingerprint density at radius 2 is 1.33 bits per heavy atom. The van der Waals surface area contributed by atoms with Gasteiger partial charge in [-0.15, -0.1) is 0 Å². The molecule has 0 radical (unpaired) electrons. The largest absolute Gasteiger partial charge is 0.508 e. The summed E-state index contributed by atoms with van der Waals surface area (Å²) in [6.45, 7) is -1.63. The van der Waals surface area contributed by atoms with Crippen molar-refractivity contribution in [2.24, 2.45) is 0 Å². The summed E-state index contributed by atoms with van der Waals surface area (Å²) in [5.41, 5.74) is -1.07. The van der Waals surface area contributed by atoms with Crippen molar-refractivity contribution in [1.82, 2.24) is 0 Å². The van der Waals surface area contributed by atoms with Crippen LogP contribution in [0.2, 0.25) is 0 Å². The van der Waals surface area contributed by atoms with E-state index in [1.54, 1.807) is 0 Å². The molecule has 10 atom stereocenters. The molecule has 16 nitrogen and oxygen atoms in total. The lowest BCUT2D eigenvalue weighted by molar-refractivity contribution is -0.358. The fraction of sp³-hybridized carbons (Fsp3) is 0.444. The standard InChI is InChI=1S/C27H30O16/c28-7-14-17(33)20(36)22(38)26(40-14)43-25-21(37)18(34)15(8-29)41-27(25)42-24-19(35)16-12(32)5-11(31)6-13(16)39-23(24)9-1-3-10(30)4-2-9/h1-6,14-15,17-18,20-22,25-34,36-38H,7-8H2/t14-,15-,17-,18-,20+,21+,22-,25-,26+,27+/m1/s1. The Bertz CT molecular complexity index is 1490. The molecule has 2 aliphatic rings. The minimum absolute atomic E-state index is 0.129. The molecule has 234 valence electrons. The van der Waals surface area contributed by atoms with Gasteiger partial charge < -0.3 is 74.4 Å². The number of aliphatic hydroxyl groups is 7. The van der Waals surface area contributed by atoms with Crippen LogP contribution in [-0.2, 0) is 14.2 Å². The number of hydrogen-bond donors (Lipinski definition) is 10. The average Bonchev–Trinajstić information content (AvgIpc) is 2.97. The van der Waals surface area contributed by atoms with E-state index in [0.29, 0.717) is 0 Å². The van der Waals surface area contributed by atoms with Gasteiger partial charge in [-0.1, -0.05) is 0 Å². The van der Waals surface area contributed by atoms with Gasteiger partial charge >= 0.3 is 0 Å². The lowest BCUT2D eigenvalue weighted by Gasteiger charge is -2.45. The Morgan fingerprint density at radius 1 is 0.721 bits per heavy atom. The number of phenolic OH excluding ortho intramolecular Hbond substituents is 3. The van der Waals surface area contributed by atoms with Gasteiger partial charge in [0.15, 0.2) is 18.2 Å². The second kappa shape index (κ2) is 12.2. The Balaban J connectivity index is 1.60. The fourth-order valence-corrected chi connectivity index (χ4v) is 4.92. The molecule has 2 aromatic carbocycles. The van der Waals surface area contributed by atoms with Crippen LogP contribution in [0.5, 0.6) is 23.0 Å². The summed E-state index contributed by atoms with van der Waals surface area (Å²) in [7, 11) is 0. The van der Waals surface area contributed by atoms with Gasteiger partial charge in [-0.3, -0.25) is 4.79 Å². The van der Waals surface area contributed by atoms with Gasteiger partial charge in [-0.05, 0) is 24.3 Å². The molecule has 2 fully saturated rings. The Morgan fingerprint density at radius 3 is 1.95 bits per heavy atom. The average molecular weight is 611 g/mol. The predicted octanol–water partition coefficient (Wildman–Crippen LogP) is -2.42. The lowest BCUT2D eigenvalue weighted by Crippen LogP contribution is -2.65. The molecule has 0 amide bonds. The zero-order valence-electron chi connectivity index (χ0n) is 22.1. The highest BCUT2D eigenvalue weighted by Gasteiger charge is 2.51. The summed E-state index contributed by atoms with van der Waals surface area (Å²) < 4.78 is 28.3. The van der Waals surface area contributed by atoms with Crippen molar-refractivity contribution in [2.45, 2.75) is 61.4 Å². The summed E-state index contributed by atoms with van der Waals surface area (Å²) in [6, 6.07) is 7.20. The van der Waals surface area contributed by atoms with Crippen LogP contribution in [-0.4, -0.2) is 126 Å². The maximum Gasteiger partial charge on any atom is 0.239 e. The first kappa shape index (κ1) is 30.9. The van der Waals surface area contributed by atoms with Crippen molar-refractivity contribution in [3.63, 3.8) is 0 Å². The molecule has 0 unspecified atom stereocenters. The van der Waals surface area contributed by atoms with Crippen LogP contribution in [0.25, 0.3) is 22.3 Å². The van der Waals surface area contributed by atoms with Crippen LogP contribution in [0, 0.1) is 0 Å². The number of aliphatic hydroxyl groups excluding tert-OH is 7. The van der Waals surface area contributed by atoms with Crippen molar-refractivity contribution in [2.75, 3.05) is 13.2 Å². The van der Waals surface area contributed by atoms with Crippen molar-refractivity contribution >= 4 is 11.0 Å². The first-order valence-corrected chi connectivity index (χ1v) is 13.0. The maximum absolute atomic E-state index is 13.7. The highest BCUT2D eigenvalue weighted by Crippen LogP contribution is 2.38. The fourth-order valence-electron chi connectivity index (χ4n) is 4.92. The number of aromatic hydroxyl groups is 3. The van der Waals surface area contributed by atoms with Gasteiger partial charge in [0.2, 0.25) is 17.5 Å². The molecule has 10 N–H and O–H groups in total. The lowest BCUT2D eigenvalue weighted by atomic mass is 9.97. The molecule has 1 aromatic heterocycles. The molecule has 0 saturated carbocycles. The second-order valence-electron chi connectivity index (χ2n) is 10.1. The highest BCUT2D eigenvalue weighted by molar-refractivity contribution is 5.88. The van der Waals surface area contributed by atoms with Crippen molar-refractivity contribution in [1.29, 1.82) is 0 Å².